The Morgan fingerprint density at radius 1 is 1.17 bits per heavy atom. The van der Waals surface area contributed by atoms with Crippen LogP contribution in [0.3, 0.4) is 0 Å². The van der Waals surface area contributed by atoms with Gasteiger partial charge in [0.1, 0.15) is 0 Å². The van der Waals surface area contributed by atoms with Gasteiger partial charge in [0.15, 0.2) is 0 Å². The van der Waals surface area contributed by atoms with Gasteiger partial charge in [0.2, 0.25) is 5.91 Å². The molecule has 1 aromatic rings. The van der Waals surface area contributed by atoms with Gasteiger partial charge in [-0.2, -0.15) is 0 Å². The molecule has 23 heavy (non-hydrogen) atoms. The van der Waals surface area contributed by atoms with Crippen LogP contribution in [0.25, 0.3) is 6.08 Å². The normalized spacial score (nSPS) is 11.1. The first-order chi connectivity index (χ1) is 10.9. The predicted molar refractivity (Wildman–Crippen MR) is 86.3 cm³/mol. The van der Waals surface area contributed by atoms with Crippen LogP contribution in [0.15, 0.2) is 21.9 Å². The zero-order valence-corrected chi connectivity index (χ0v) is 13.9. The van der Waals surface area contributed by atoms with Gasteiger partial charge in [0.05, 0.1) is 18.8 Å². The second-order valence-electron chi connectivity index (χ2n) is 4.99. The van der Waals surface area contributed by atoms with Crippen LogP contribution in [0.2, 0.25) is 0 Å². The van der Waals surface area contributed by atoms with E-state index in [1.165, 1.54) is 30.0 Å². The Labute approximate surface area is 134 Å². The summed E-state index contributed by atoms with van der Waals surface area (Å²) >= 11 is 0. The smallest absolute Gasteiger partial charge is 0.330 e. The van der Waals surface area contributed by atoms with Gasteiger partial charge in [-0.15, -0.1) is 0 Å². The lowest BCUT2D eigenvalue weighted by atomic mass is 10.3. The summed E-state index contributed by atoms with van der Waals surface area (Å²) in [5.41, 5.74) is -0.598. The van der Waals surface area contributed by atoms with E-state index in [-0.39, 0.29) is 11.5 Å². The van der Waals surface area contributed by atoms with Crippen LogP contribution >= 0.6 is 0 Å². The largest absolute Gasteiger partial charge is 0.383 e. The van der Waals surface area contributed by atoms with E-state index in [2.05, 4.69) is 0 Å². The van der Waals surface area contributed by atoms with Gasteiger partial charge in [-0.3, -0.25) is 14.2 Å². The minimum absolute atomic E-state index is 0.255. The number of rotatable bonds is 8. The minimum atomic E-state index is -0.447. The number of aryl methyl sites for hydroxylation is 1. The molecule has 0 saturated carbocycles. The maximum Gasteiger partial charge on any atom is 0.330 e. The molecule has 8 nitrogen and oxygen atoms in total. The first-order valence-corrected chi connectivity index (χ1v) is 7.14. The molecule has 0 fully saturated rings. The van der Waals surface area contributed by atoms with Crippen LogP contribution in [0.1, 0.15) is 5.56 Å². The molecular weight excluding hydrogens is 302 g/mol. The Kier molecular flexibility index (Phi) is 7.43. The van der Waals surface area contributed by atoms with E-state index < -0.39 is 11.2 Å². The van der Waals surface area contributed by atoms with Crippen molar-refractivity contribution in [2.45, 2.75) is 0 Å². The van der Waals surface area contributed by atoms with Crippen LogP contribution < -0.4 is 11.2 Å². The Hall–Kier alpha value is -2.19. The Balaban J connectivity index is 2.95. The van der Waals surface area contributed by atoms with Crippen molar-refractivity contribution in [2.75, 3.05) is 40.5 Å². The lowest BCUT2D eigenvalue weighted by molar-refractivity contribution is -0.127. The molecule has 1 aromatic heterocycles. The van der Waals surface area contributed by atoms with Crippen molar-refractivity contribution in [3.8, 4) is 0 Å². The van der Waals surface area contributed by atoms with Gasteiger partial charge in [0, 0.05) is 53.7 Å². The Morgan fingerprint density at radius 2 is 1.74 bits per heavy atom. The topological polar surface area (TPSA) is 82.8 Å². The highest BCUT2D eigenvalue weighted by Crippen LogP contribution is 1.97. The summed E-state index contributed by atoms with van der Waals surface area (Å²) in [5, 5.41) is 0. The van der Waals surface area contributed by atoms with Gasteiger partial charge >= 0.3 is 5.69 Å². The average molecular weight is 325 g/mol. The molecule has 1 rings (SSSR count). The number of carbonyl (C=O) groups excluding carboxylic acids is 1. The number of methoxy groups -OCH3 is 2. The molecule has 0 atom stereocenters. The third-order valence-electron chi connectivity index (χ3n) is 3.32. The van der Waals surface area contributed by atoms with Crippen molar-refractivity contribution < 1.29 is 14.3 Å². The van der Waals surface area contributed by atoms with Crippen LogP contribution in [0, 0.1) is 0 Å². The van der Waals surface area contributed by atoms with E-state index in [9.17, 15) is 14.4 Å². The predicted octanol–water partition coefficient (Wildman–Crippen LogP) is -0.781. The van der Waals surface area contributed by atoms with Crippen LogP contribution in [-0.2, 0) is 28.4 Å². The molecule has 128 valence electrons. The van der Waals surface area contributed by atoms with Gasteiger partial charge in [-0.25, -0.2) is 4.79 Å². The first-order valence-electron chi connectivity index (χ1n) is 7.14. The summed E-state index contributed by atoms with van der Waals surface area (Å²) in [5.74, 6) is -0.255. The number of amides is 1. The van der Waals surface area contributed by atoms with Crippen molar-refractivity contribution in [2.24, 2.45) is 14.1 Å². The summed E-state index contributed by atoms with van der Waals surface area (Å²) in [6, 6.07) is 0. The molecule has 0 spiro atoms. The number of aromatic nitrogens is 2. The summed E-state index contributed by atoms with van der Waals surface area (Å²) in [7, 11) is 6.06. The molecule has 0 aliphatic rings. The second kappa shape index (κ2) is 9.06. The molecular formula is C15H23N3O5. The van der Waals surface area contributed by atoms with Crippen LogP contribution in [-0.4, -0.2) is 60.5 Å². The molecule has 8 heteroatoms. The van der Waals surface area contributed by atoms with Crippen LogP contribution in [0.5, 0.6) is 0 Å². The van der Waals surface area contributed by atoms with E-state index in [0.717, 1.165) is 4.57 Å². The van der Waals surface area contributed by atoms with Crippen molar-refractivity contribution in [1.29, 1.82) is 0 Å². The molecule has 0 saturated heterocycles. The average Bonchev–Trinajstić information content (AvgIpc) is 2.54. The van der Waals surface area contributed by atoms with E-state index in [1.54, 1.807) is 26.2 Å². The summed E-state index contributed by atoms with van der Waals surface area (Å²) in [6.45, 7) is 1.67. The third kappa shape index (κ3) is 5.19. The van der Waals surface area contributed by atoms with Gasteiger partial charge in [-0.05, 0) is 6.08 Å². The van der Waals surface area contributed by atoms with Gasteiger partial charge < -0.3 is 18.9 Å². The second-order valence-corrected chi connectivity index (χ2v) is 4.99. The van der Waals surface area contributed by atoms with Crippen molar-refractivity contribution in [3.63, 3.8) is 0 Å². The monoisotopic (exact) mass is 325 g/mol. The number of hydrogen-bond donors (Lipinski definition) is 0. The number of nitrogens with zero attached hydrogens (tertiary/aromatic N) is 3. The van der Waals surface area contributed by atoms with E-state index in [1.807, 2.05) is 0 Å². The Morgan fingerprint density at radius 3 is 2.26 bits per heavy atom. The fourth-order valence-corrected chi connectivity index (χ4v) is 1.95. The maximum atomic E-state index is 12.2. The molecule has 1 amide bonds. The molecule has 0 radical (unpaired) electrons. The molecule has 1 heterocycles. The molecule has 0 aliphatic carbocycles. The highest BCUT2D eigenvalue weighted by Gasteiger charge is 2.11. The summed E-state index contributed by atoms with van der Waals surface area (Å²) < 4.78 is 12.2. The van der Waals surface area contributed by atoms with Crippen molar-refractivity contribution in [3.05, 3.63) is 38.7 Å². The highest BCUT2D eigenvalue weighted by molar-refractivity contribution is 5.91. The van der Waals surface area contributed by atoms with Gasteiger partial charge in [-0.1, -0.05) is 0 Å². The number of hydrogen-bond acceptors (Lipinski definition) is 5. The molecule has 0 unspecified atom stereocenters. The zero-order chi connectivity index (χ0) is 17.4. The number of ether oxygens (including phenoxy) is 2. The van der Waals surface area contributed by atoms with Crippen LogP contribution in [0.4, 0.5) is 0 Å². The third-order valence-corrected chi connectivity index (χ3v) is 3.32. The highest BCUT2D eigenvalue weighted by atomic mass is 16.5. The quantitative estimate of drug-likeness (QED) is 0.586. The minimum Gasteiger partial charge on any atom is -0.383 e. The number of carbonyl (C=O) groups is 1. The lowest BCUT2D eigenvalue weighted by Gasteiger charge is -2.20. The van der Waals surface area contributed by atoms with Crippen molar-refractivity contribution in [1.82, 2.24) is 14.0 Å². The fourth-order valence-electron chi connectivity index (χ4n) is 1.95. The fraction of sp³-hybridized carbons (Fsp3) is 0.533. The molecule has 0 aromatic carbocycles. The van der Waals surface area contributed by atoms with E-state index >= 15 is 0 Å². The summed E-state index contributed by atoms with van der Waals surface area (Å²) in [6.07, 6.45) is 4.13. The van der Waals surface area contributed by atoms with E-state index in [4.69, 9.17) is 9.47 Å². The lowest BCUT2D eigenvalue weighted by Crippen LogP contribution is -2.38. The summed E-state index contributed by atoms with van der Waals surface area (Å²) in [4.78, 5) is 37.4. The maximum absolute atomic E-state index is 12.2. The zero-order valence-electron chi connectivity index (χ0n) is 13.9. The standard InChI is InChI=1S/C15H23N3O5/c1-16-11-12(14(20)17(2)15(16)21)5-6-13(19)18(7-9-22-3)8-10-23-4/h5-6,11H,7-10H2,1-4H3/b6-5+. The van der Waals surface area contributed by atoms with Gasteiger partial charge in [0.25, 0.3) is 5.56 Å². The molecule has 0 N–H and O–H groups in total. The first kappa shape index (κ1) is 18.9. The Bertz CT molecular complexity index is 667. The van der Waals surface area contributed by atoms with Crippen molar-refractivity contribution >= 4 is 12.0 Å². The van der Waals surface area contributed by atoms with E-state index in [0.29, 0.717) is 26.3 Å². The molecule has 0 aliphatic heterocycles. The molecule has 0 bridgehead atoms. The SMILES string of the molecule is COCCN(CCOC)C(=O)/C=C/c1cn(C)c(=O)n(C)c1=O.